The highest BCUT2D eigenvalue weighted by molar-refractivity contribution is 5.75. The number of hydrogen-bond donors (Lipinski definition) is 1. The molecule has 0 spiro atoms. The van der Waals surface area contributed by atoms with E-state index in [1.807, 2.05) is 12.3 Å². The minimum Gasteiger partial charge on any atom is -0.379 e. The predicted octanol–water partition coefficient (Wildman–Crippen LogP) is 0.110. The zero-order chi connectivity index (χ0) is 13.5. The highest BCUT2D eigenvalue weighted by atomic mass is 16.5. The molecule has 0 aromatic carbocycles. The zero-order valence-corrected chi connectivity index (χ0v) is 11.4. The summed E-state index contributed by atoms with van der Waals surface area (Å²) >= 11 is 0. The number of nitrogens with zero attached hydrogens (tertiary/aromatic N) is 3. The number of ether oxygens (including phenoxy) is 1. The third-order valence-corrected chi connectivity index (χ3v) is 3.39. The summed E-state index contributed by atoms with van der Waals surface area (Å²) in [7, 11) is 0. The van der Waals surface area contributed by atoms with Crippen molar-refractivity contribution in [3.63, 3.8) is 0 Å². The largest absolute Gasteiger partial charge is 0.379 e. The first-order valence-electron chi connectivity index (χ1n) is 6.81. The van der Waals surface area contributed by atoms with Gasteiger partial charge in [-0.05, 0) is 13.0 Å². The molecule has 2 rings (SSSR count). The number of hydrogen-bond acceptors (Lipinski definition) is 4. The summed E-state index contributed by atoms with van der Waals surface area (Å²) in [4.78, 5) is 14.1. The fraction of sp³-hybridized carbons (Fsp3) is 0.692. The normalized spacial score (nSPS) is 18.2. The van der Waals surface area contributed by atoms with Crippen molar-refractivity contribution in [3.05, 3.63) is 18.5 Å². The van der Waals surface area contributed by atoms with Crippen molar-refractivity contribution < 1.29 is 9.53 Å². The molecule has 106 valence electrons. The van der Waals surface area contributed by atoms with Crippen molar-refractivity contribution in [2.24, 2.45) is 0 Å². The van der Waals surface area contributed by atoms with Gasteiger partial charge < -0.3 is 10.1 Å². The first kappa shape index (κ1) is 14.0. The zero-order valence-electron chi connectivity index (χ0n) is 11.4. The quantitative estimate of drug-likeness (QED) is 0.794. The van der Waals surface area contributed by atoms with Crippen LogP contribution in [0.5, 0.6) is 0 Å². The fourth-order valence-electron chi connectivity index (χ4n) is 2.15. The van der Waals surface area contributed by atoms with E-state index in [1.165, 1.54) is 0 Å². The lowest BCUT2D eigenvalue weighted by Gasteiger charge is -2.32. The molecule has 1 amide bonds. The van der Waals surface area contributed by atoms with E-state index in [2.05, 4.69) is 22.2 Å². The number of aryl methyl sites for hydroxylation is 1. The van der Waals surface area contributed by atoms with Gasteiger partial charge in [0.2, 0.25) is 5.91 Å². The number of amides is 1. The number of morpholine rings is 1. The molecule has 1 N–H and O–H groups in total. The Bertz CT molecular complexity index is 374. The standard InChI is InChI=1S/C13H22N4O2/c1-12(16-7-9-19-10-8-16)11-14-13(18)3-6-17-5-2-4-15-17/h2,4-5,12H,3,6-11H2,1H3,(H,14,18)/t12-/m0/s1. The molecule has 1 saturated heterocycles. The fourth-order valence-corrected chi connectivity index (χ4v) is 2.15. The molecule has 1 aliphatic heterocycles. The Balaban J connectivity index is 1.62. The second kappa shape index (κ2) is 7.25. The monoisotopic (exact) mass is 266 g/mol. The van der Waals surface area contributed by atoms with Crippen molar-refractivity contribution in [1.29, 1.82) is 0 Å². The molecule has 1 aromatic heterocycles. The van der Waals surface area contributed by atoms with Gasteiger partial charge in [0.25, 0.3) is 0 Å². The Morgan fingerprint density at radius 1 is 1.47 bits per heavy atom. The van der Waals surface area contributed by atoms with Crippen molar-refractivity contribution in [2.45, 2.75) is 25.9 Å². The Kier molecular flexibility index (Phi) is 5.35. The topological polar surface area (TPSA) is 59.4 Å². The molecule has 1 aliphatic rings. The third-order valence-electron chi connectivity index (χ3n) is 3.39. The second-order valence-electron chi connectivity index (χ2n) is 4.82. The van der Waals surface area contributed by atoms with Gasteiger partial charge in [-0.3, -0.25) is 14.4 Å². The lowest BCUT2D eigenvalue weighted by molar-refractivity contribution is -0.121. The summed E-state index contributed by atoms with van der Waals surface area (Å²) < 4.78 is 7.09. The van der Waals surface area contributed by atoms with Crippen LogP contribution in [0.25, 0.3) is 0 Å². The summed E-state index contributed by atoms with van der Waals surface area (Å²) in [5, 5.41) is 7.05. The van der Waals surface area contributed by atoms with Gasteiger partial charge in [-0.25, -0.2) is 0 Å². The van der Waals surface area contributed by atoms with E-state index in [0.717, 1.165) is 26.3 Å². The maximum Gasteiger partial charge on any atom is 0.221 e. The van der Waals surface area contributed by atoms with Crippen LogP contribution in [0.15, 0.2) is 18.5 Å². The van der Waals surface area contributed by atoms with E-state index < -0.39 is 0 Å². The maximum atomic E-state index is 11.7. The first-order chi connectivity index (χ1) is 9.25. The van der Waals surface area contributed by atoms with Gasteiger partial charge in [-0.15, -0.1) is 0 Å². The Hall–Kier alpha value is -1.40. The molecule has 6 nitrogen and oxygen atoms in total. The van der Waals surface area contributed by atoms with E-state index in [1.54, 1.807) is 10.9 Å². The lowest BCUT2D eigenvalue weighted by atomic mass is 10.2. The molecule has 0 aliphatic carbocycles. The van der Waals surface area contributed by atoms with Gasteiger partial charge in [0.05, 0.1) is 13.2 Å². The van der Waals surface area contributed by atoms with Gasteiger partial charge in [0.15, 0.2) is 0 Å². The molecule has 2 heterocycles. The average molecular weight is 266 g/mol. The molecular weight excluding hydrogens is 244 g/mol. The molecule has 0 radical (unpaired) electrons. The van der Waals surface area contributed by atoms with Crippen LogP contribution in [0.1, 0.15) is 13.3 Å². The van der Waals surface area contributed by atoms with Crippen molar-refractivity contribution in [1.82, 2.24) is 20.0 Å². The SMILES string of the molecule is C[C@@H](CNC(=O)CCn1cccn1)N1CCOCC1. The predicted molar refractivity (Wildman–Crippen MR) is 71.7 cm³/mol. The van der Waals surface area contributed by atoms with E-state index in [-0.39, 0.29) is 5.91 Å². The van der Waals surface area contributed by atoms with E-state index in [9.17, 15) is 4.79 Å². The number of rotatable bonds is 6. The summed E-state index contributed by atoms with van der Waals surface area (Å²) in [5.74, 6) is 0.0793. The van der Waals surface area contributed by atoms with E-state index >= 15 is 0 Å². The summed E-state index contributed by atoms with van der Waals surface area (Å²) in [5.41, 5.74) is 0. The Morgan fingerprint density at radius 3 is 2.95 bits per heavy atom. The molecule has 6 heteroatoms. The second-order valence-corrected chi connectivity index (χ2v) is 4.82. The van der Waals surface area contributed by atoms with Gasteiger partial charge in [-0.1, -0.05) is 0 Å². The van der Waals surface area contributed by atoms with Crippen LogP contribution < -0.4 is 5.32 Å². The van der Waals surface area contributed by atoms with Crippen molar-refractivity contribution in [3.8, 4) is 0 Å². The van der Waals surface area contributed by atoms with Crippen LogP contribution in [-0.2, 0) is 16.1 Å². The van der Waals surface area contributed by atoms with Crippen molar-refractivity contribution >= 4 is 5.91 Å². The number of aromatic nitrogens is 2. The Labute approximate surface area is 113 Å². The first-order valence-corrected chi connectivity index (χ1v) is 6.81. The highest BCUT2D eigenvalue weighted by Gasteiger charge is 2.17. The van der Waals surface area contributed by atoms with Crippen LogP contribution in [0, 0.1) is 0 Å². The minimum atomic E-state index is 0.0793. The highest BCUT2D eigenvalue weighted by Crippen LogP contribution is 2.02. The van der Waals surface area contributed by atoms with Crippen molar-refractivity contribution in [2.75, 3.05) is 32.8 Å². The smallest absolute Gasteiger partial charge is 0.221 e. The summed E-state index contributed by atoms with van der Waals surface area (Å²) in [6, 6.07) is 2.22. The van der Waals surface area contributed by atoms with Crippen LogP contribution in [-0.4, -0.2) is 59.5 Å². The van der Waals surface area contributed by atoms with Crippen LogP contribution in [0.3, 0.4) is 0 Å². The van der Waals surface area contributed by atoms with Gasteiger partial charge in [0, 0.05) is 51.0 Å². The molecule has 19 heavy (non-hydrogen) atoms. The van der Waals surface area contributed by atoms with E-state index in [4.69, 9.17) is 4.74 Å². The summed E-state index contributed by atoms with van der Waals surface area (Å²) in [6.07, 6.45) is 4.06. The Morgan fingerprint density at radius 2 is 2.26 bits per heavy atom. The number of nitrogens with one attached hydrogen (secondary N) is 1. The van der Waals surface area contributed by atoms with Gasteiger partial charge in [0.1, 0.15) is 0 Å². The van der Waals surface area contributed by atoms with Crippen LogP contribution >= 0.6 is 0 Å². The number of carbonyl (C=O) groups is 1. The number of carbonyl (C=O) groups excluding carboxylic acids is 1. The molecule has 1 aromatic rings. The molecule has 0 bridgehead atoms. The molecule has 1 atom stereocenters. The summed E-state index contributed by atoms with van der Waals surface area (Å²) in [6.45, 7) is 6.94. The molecule has 1 fully saturated rings. The average Bonchev–Trinajstić information content (AvgIpc) is 2.96. The molecule has 0 unspecified atom stereocenters. The molecular formula is C13H22N4O2. The maximum absolute atomic E-state index is 11.7. The van der Waals surface area contributed by atoms with Crippen LogP contribution in [0.2, 0.25) is 0 Å². The molecule has 0 saturated carbocycles. The third kappa shape index (κ3) is 4.65. The van der Waals surface area contributed by atoms with Crippen LogP contribution in [0.4, 0.5) is 0 Å². The minimum absolute atomic E-state index is 0.0793. The van der Waals surface area contributed by atoms with E-state index in [0.29, 0.717) is 25.6 Å². The van der Waals surface area contributed by atoms with Gasteiger partial charge in [-0.2, -0.15) is 5.10 Å². The lowest BCUT2D eigenvalue weighted by Crippen LogP contribution is -2.47. The van der Waals surface area contributed by atoms with Gasteiger partial charge >= 0.3 is 0 Å².